The summed E-state index contributed by atoms with van der Waals surface area (Å²) in [5.41, 5.74) is 8.53. The maximum Gasteiger partial charge on any atom is 0.310 e. The fraction of sp³-hybridized carbons (Fsp3) is 0.235. The van der Waals surface area contributed by atoms with Crippen molar-refractivity contribution in [2.75, 3.05) is 36.2 Å². The smallest absolute Gasteiger partial charge is 0.310 e. The van der Waals surface area contributed by atoms with E-state index >= 15 is 19.2 Å². The highest BCUT2D eigenvalue weighted by Crippen LogP contribution is 2.62. The van der Waals surface area contributed by atoms with E-state index in [0.29, 0.717) is 55.2 Å². The zero-order valence-corrected chi connectivity index (χ0v) is 44.9. The van der Waals surface area contributed by atoms with E-state index in [9.17, 15) is 19.2 Å². The molecule has 0 spiro atoms. The fourth-order valence-corrected chi connectivity index (χ4v) is 15.5. The Balaban J connectivity index is 0.813. The Hall–Kier alpha value is -9.56. The molecule has 8 aliphatic rings. The molecule has 9 aromatic rings. The van der Waals surface area contributed by atoms with Crippen LogP contribution in [0.3, 0.4) is 0 Å². The maximum atomic E-state index is 15.1. The molecule has 82 heavy (non-hydrogen) atoms. The zero-order chi connectivity index (χ0) is 56.3. The maximum absolute atomic E-state index is 15.1. The van der Waals surface area contributed by atoms with Gasteiger partial charge in [-0.2, -0.15) is 0 Å². The van der Waals surface area contributed by atoms with Crippen molar-refractivity contribution in [3.05, 3.63) is 200 Å². The highest BCUT2D eigenvalue weighted by atomic mass is 16.5. The van der Waals surface area contributed by atoms with Crippen molar-refractivity contribution < 1.29 is 57.3 Å². The molecule has 6 aliphatic carbocycles. The summed E-state index contributed by atoms with van der Waals surface area (Å²) in [4.78, 5) is 118. The van der Waals surface area contributed by atoms with Gasteiger partial charge in [-0.25, -0.2) is 9.80 Å². The Bertz CT molecular complexity index is 4040. The van der Waals surface area contributed by atoms with Gasteiger partial charge in [0.25, 0.3) is 23.6 Å². The minimum Gasteiger partial charge on any atom is -0.466 e. The second-order valence-electron chi connectivity index (χ2n) is 21.9. The second-order valence-corrected chi connectivity index (χ2v) is 21.9. The highest BCUT2D eigenvalue weighted by molar-refractivity contribution is 6.45. The number of benzene rings is 9. The Morgan fingerprint density at radius 2 is 0.585 bits per heavy atom. The molecule has 0 saturated heterocycles. The third-order valence-corrected chi connectivity index (χ3v) is 18.4. The van der Waals surface area contributed by atoms with Gasteiger partial charge in [0.15, 0.2) is 0 Å². The van der Waals surface area contributed by atoms with Gasteiger partial charge in [0.05, 0.1) is 61.5 Å². The van der Waals surface area contributed by atoms with E-state index in [-0.39, 0.29) is 26.4 Å². The van der Waals surface area contributed by atoms with Gasteiger partial charge in [0.2, 0.25) is 0 Å². The number of ether oxygens (including phenoxy) is 4. The average Bonchev–Trinajstić information content (AvgIpc) is 1.17. The number of fused-ring (bicyclic) bond motifs is 4. The molecule has 14 nitrogen and oxygen atoms in total. The average molecular weight is 1090 g/mol. The molecule has 14 heteroatoms. The van der Waals surface area contributed by atoms with Crippen molar-refractivity contribution in [3.63, 3.8) is 0 Å². The number of nitrogens with zero attached hydrogens (tertiary/aromatic N) is 2. The molecule has 0 saturated carbocycles. The van der Waals surface area contributed by atoms with Gasteiger partial charge < -0.3 is 18.9 Å². The topological polar surface area (TPSA) is 180 Å². The normalized spacial score (nSPS) is 22.3. The predicted molar refractivity (Wildman–Crippen MR) is 304 cm³/mol. The van der Waals surface area contributed by atoms with Gasteiger partial charge in [-0.3, -0.25) is 38.4 Å². The lowest BCUT2D eigenvalue weighted by molar-refractivity contribution is -0.163. The summed E-state index contributed by atoms with van der Waals surface area (Å²) >= 11 is 0. The summed E-state index contributed by atoms with van der Waals surface area (Å²) in [6.07, 6.45) is 0. The Kier molecular flexibility index (Phi) is 10.8. The standard InChI is InChI=1S/C68H50N2O12/c1-5-79-65(75)57-51-33-13-9-11-15-35(33)53(59(57)67(77)81-7-3)47-29-31(17-19-41(47)51)69-61(71)43-25-21-37-39-23-27-45-56-46(28-24-40(50(39)56)38-22-26-44(62(69)72)55(43)49(37)38)64(74)70(63(45)73)32-18-20-42-48(30-32)54-36-16-12-10-14-34(36)52(42)58(66(76)80-6-2)60(54)68(78)82-8-4/h9-30,51-54,57-60H,5-8H2,1-4H3/t51?,52?,53?,54?,57-,58-,59-,60-/m0/s1. The predicted octanol–water partition coefficient (Wildman–Crippen LogP) is 11.2. The second kappa shape index (κ2) is 18.0. The van der Waals surface area contributed by atoms with Gasteiger partial charge in [0, 0.05) is 56.7 Å². The van der Waals surface area contributed by atoms with E-state index < -0.39 is 94.8 Å². The number of hydrogen-bond acceptors (Lipinski definition) is 12. The summed E-state index contributed by atoms with van der Waals surface area (Å²) in [6, 6.07) is 40.6. The molecule has 0 aromatic heterocycles. The van der Waals surface area contributed by atoms with Crippen LogP contribution in [0.4, 0.5) is 11.4 Å². The number of anilines is 2. The largest absolute Gasteiger partial charge is 0.466 e. The van der Waals surface area contributed by atoms with Crippen LogP contribution in [0.1, 0.15) is 137 Å². The number of carbonyl (C=O) groups excluding carboxylic acids is 8. The first-order chi connectivity index (χ1) is 39.9. The first-order valence-electron chi connectivity index (χ1n) is 28.0. The minimum absolute atomic E-state index is 0.114. The molecule has 2 aliphatic heterocycles. The SMILES string of the molecule is CCOC(=O)[C@H]1C2c3ccccc3C(c3cc(N4C(=O)c5ccc6c7ccc8c9c(ccc(c%10ccc(c5c6%10)C4=O)c97)C(=O)N(c4ccc5c(c4)C4c6ccccc6C5[C@H](C(=O)OCC)[C@H]4C(=O)OCC)C8=O)ccc32)[C@@H]1C(=O)OCC. The summed E-state index contributed by atoms with van der Waals surface area (Å²) < 4.78 is 22.5. The first-order valence-corrected chi connectivity index (χ1v) is 28.0. The number of carbonyl (C=O) groups is 8. The molecule has 4 amide bonds. The quantitative estimate of drug-likeness (QED) is 0.0416. The van der Waals surface area contributed by atoms with Crippen LogP contribution in [-0.4, -0.2) is 73.9 Å². The molecule has 0 N–H and O–H groups in total. The summed E-state index contributed by atoms with van der Waals surface area (Å²) in [6.45, 7) is 7.41. The molecular weight excluding hydrogens is 1040 g/mol. The van der Waals surface area contributed by atoms with Crippen LogP contribution < -0.4 is 9.80 Å². The lowest BCUT2D eigenvalue weighted by Gasteiger charge is -2.48. The third kappa shape index (κ3) is 6.40. The van der Waals surface area contributed by atoms with Gasteiger partial charge >= 0.3 is 23.9 Å². The third-order valence-electron chi connectivity index (χ3n) is 18.4. The Morgan fingerprint density at radius 1 is 0.329 bits per heavy atom. The highest BCUT2D eigenvalue weighted by Gasteiger charge is 2.58. The van der Waals surface area contributed by atoms with Crippen molar-refractivity contribution in [3.8, 4) is 0 Å². The van der Waals surface area contributed by atoms with Gasteiger partial charge in [-0.15, -0.1) is 0 Å². The fourth-order valence-electron chi connectivity index (χ4n) is 15.5. The van der Waals surface area contributed by atoms with Crippen LogP contribution in [0.25, 0.3) is 43.1 Å². The van der Waals surface area contributed by atoms with Crippen molar-refractivity contribution in [1.82, 2.24) is 0 Å². The Morgan fingerprint density at radius 3 is 0.854 bits per heavy atom. The van der Waals surface area contributed by atoms with Crippen molar-refractivity contribution in [2.24, 2.45) is 23.7 Å². The first kappa shape index (κ1) is 49.5. The van der Waals surface area contributed by atoms with Crippen LogP contribution in [0.5, 0.6) is 0 Å². The van der Waals surface area contributed by atoms with E-state index in [0.717, 1.165) is 66.1 Å². The number of imide groups is 2. The van der Waals surface area contributed by atoms with Crippen molar-refractivity contribution in [2.45, 2.75) is 51.4 Å². The minimum atomic E-state index is -0.915. The molecule has 4 bridgehead atoms. The molecule has 404 valence electrons. The zero-order valence-electron chi connectivity index (χ0n) is 44.9. The number of amides is 4. The number of hydrogen-bond donors (Lipinski definition) is 0. The van der Waals surface area contributed by atoms with Crippen molar-refractivity contribution in [1.29, 1.82) is 0 Å². The molecular formula is C68H50N2O12. The monoisotopic (exact) mass is 1090 g/mol. The number of rotatable bonds is 10. The van der Waals surface area contributed by atoms with E-state index in [4.69, 9.17) is 18.9 Å². The van der Waals surface area contributed by atoms with Crippen LogP contribution >= 0.6 is 0 Å². The van der Waals surface area contributed by atoms with Gasteiger partial charge in [0.1, 0.15) is 0 Å². The molecule has 8 atom stereocenters. The van der Waals surface area contributed by atoms with Gasteiger partial charge in [-0.05, 0) is 153 Å². The van der Waals surface area contributed by atoms with E-state index in [2.05, 4.69) is 0 Å². The van der Waals surface area contributed by atoms with Gasteiger partial charge in [-0.1, -0.05) is 84.9 Å². The molecule has 9 aromatic carbocycles. The molecule has 2 heterocycles. The summed E-state index contributed by atoms with van der Waals surface area (Å²) in [5, 5.41) is 5.30. The van der Waals surface area contributed by atoms with Crippen LogP contribution in [-0.2, 0) is 38.1 Å². The van der Waals surface area contributed by atoms with Crippen LogP contribution in [0.15, 0.2) is 133 Å². The van der Waals surface area contributed by atoms with E-state index in [1.807, 2.05) is 84.9 Å². The van der Waals surface area contributed by atoms with E-state index in [1.54, 1.807) is 76.2 Å². The lowest BCUT2D eigenvalue weighted by atomic mass is 9.54. The van der Waals surface area contributed by atoms with E-state index in [1.165, 1.54) is 9.80 Å². The Labute approximate surface area is 468 Å². The summed E-state index contributed by atoms with van der Waals surface area (Å²) in [5.74, 6) is -10.0. The molecule has 0 fully saturated rings. The van der Waals surface area contributed by atoms with Crippen LogP contribution in [0.2, 0.25) is 0 Å². The molecule has 4 unspecified atom stereocenters. The van der Waals surface area contributed by atoms with Crippen LogP contribution in [0, 0.1) is 23.7 Å². The molecule has 0 radical (unpaired) electrons. The number of esters is 4. The molecule has 17 rings (SSSR count). The summed E-state index contributed by atoms with van der Waals surface area (Å²) in [7, 11) is 0. The lowest BCUT2D eigenvalue weighted by Crippen LogP contribution is -2.48. The van der Waals surface area contributed by atoms with Crippen molar-refractivity contribution >= 4 is 102 Å².